The molecule has 0 spiro atoms. The summed E-state index contributed by atoms with van der Waals surface area (Å²) in [5, 5.41) is 14.7. The van der Waals surface area contributed by atoms with Crippen LogP contribution in [0.4, 0.5) is 0 Å². The van der Waals surface area contributed by atoms with Crippen LogP contribution < -0.4 is 0 Å². The van der Waals surface area contributed by atoms with E-state index in [1.807, 2.05) is 18.3 Å². The predicted molar refractivity (Wildman–Crippen MR) is 310 cm³/mol. The van der Waals surface area contributed by atoms with Crippen LogP contribution in [0.3, 0.4) is 0 Å². The highest BCUT2D eigenvalue weighted by Crippen LogP contribution is 2.47. The highest BCUT2D eigenvalue weighted by molar-refractivity contribution is 6.12. The van der Waals surface area contributed by atoms with Crippen LogP contribution in [0.5, 0.6) is 5.75 Å². The zero-order valence-corrected chi connectivity index (χ0v) is 44.6. The molecule has 0 atom stereocenters. The monoisotopic (exact) mass is 968 g/mol. The van der Waals surface area contributed by atoms with E-state index >= 15 is 0 Å². The van der Waals surface area contributed by atoms with E-state index in [9.17, 15) is 5.11 Å². The molecule has 74 heavy (non-hydrogen) atoms. The van der Waals surface area contributed by atoms with Crippen LogP contribution in [0.2, 0.25) is 0 Å². The topological polar surface area (TPSA) is 64.1 Å². The minimum Gasteiger partial charge on any atom is -0.507 e. The average Bonchev–Trinajstić information content (AvgIpc) is 3.98. The summed E-state index contributed by atoms with van der Waals surface area (Å²) in [7, 11) is 0. The first-order valence-electron chi connectivity index (χ1n) is 25.9. The molecule has 3 heterocycles. The molecule has 11 aromatic rings. The maximum Gasteiger partial charge on any atom is 0.149 e. The Hall–Kier alpha value is -8.02. The van der Waals surface area contributed by atoms with Gasteiger partial charge >= 0.3 is 0 Å². The van der Waals surface area contributed by atoms with Gasteiger partial charge in [0.1, 0.15) is 22.7 Å². The Morgan fingerprint density at radius 3 is 1.80 bits per heavy atom. The summed E-state index contributed by atoms with van der Waals surface area (Å²) in [6.45, 7) is 24.5. The van der Waals surface area contributed by atoms with Gasteiger partial charge in [-0.3, -0.25) is 9.55 Å². The lowest BCUT2D eigenvalue weighted by molar-refractivity contribution is 0.446. The van der Waals surface area contributed by atoms with Crippen LogP contribution in [-0.2, 0) is 21.7 Å². The zero-order chi connectivity index (χ0) is 51.9. The molecular weight excluding hydrogens is 903 g/mol. The summed E-state index contributed by atoms with van der Waals surface area (Å²) in [5.74, 6) is 0.912. The number of furan rings is 1. The molecule has 0 unspecified atom stereocenters. The molecule has 5 nitrogen and oxygen atoms in total. The van der Waals surface area contributed by atoms with Gasteiger partial charge in [-0.05, 0) is 115 Å². The second kappa shape index (κ2) is 17.9. The van der Waals surface area contributed by atoms with Crippen LogP contribution >= 0.6 is 0 Å². The third-order valence-electron chi connectivity index (χ3n) is 15.2. The summed E-state index contributed by atoms with van der Waals surface area (Å²) in [6.07, 6.45) is 1.90. The van der Waals surface area contributed by atoms with Gasteiger partial charge in [0.25, 0.3) is 0 Å². The lowest BCUT2D eigenvalue weighted by atomic mass is 9.78. The minimum absolute atomic E-state index is 0.0949. The van der Waals surface area contributed by atoms with E-state index in [0.29, 0.717) is 11.4 Å². The smallest absolute Gasteiger partial charge is 0.149 e. The molecule has 0 aliphatic rings. The van der Waals surface area contributed by atoms with Gasteiger partial charge in [0.15, 0.2) is 0 Å². The largest absolute Gasteiger partial charge is 0.507 e. The second-order valence-corrected chi connectivity index (χ2v) is 23.7. The molecule has 0 amide bonds. The number of benzene rings is 8. The number of phenols is 1. The molecule has 0 saturated carbocycles. The summed E-state index contributed by atoms with van der Waals surface area (Å²) < 4.78 is 9.07. The van der Waals surface area contributed by atoms with Crippen molar-refractivity contribution in [1.29, 1.82) is 0 Å². The van der Waals surface area contributed by atoms with Gasteiger partial charge in [0.2, 0.25) is 0 Å². The molecule has 368 valence electrons. The maximum atomic E-state index is 12.7. The van der Waals surface area contributed by atoms with Crippen LogP contribution in [0.15, 0.2) is 193 Å². The molecule has 1 N–H and O–H groups in total. The number of para-hydroxylation sites is 2. The van der Waals surface area contributed by atoms with Gasteiger partial charge in [-0.15, -0.1) is 0 Å². The van der Waals surface area contributed by atoms with Gasteiger partial charge in [0.05, 0.1) is 28.0 Å². The summed E-state index contributed by atoms with van der Waals surface area (Å²) in [6, 6.07) is 64.9. The zero-order valence-electron chi connectivity index (χ0n) is 44.6. The van der Waals surface area contributed by atoms with Crippen molar-refractivity contribution >= 4 is 33.0 Å². The molecule has 0 aliphatic carbocycles. The quantitative estimate of drug-likeness (QED) is 0.165. The number of fused-ring (bicyclic) bond motifs is 4. The van der Waals surface area contributed by atoms with E-state index < -0.39 is 0 Å². The number of hydrogen-bond acceptors (Lipinski definition) is 4. The standard InChI is InChI=1S/C69H65N3O2/c1-66(2,3)49-33-34-59(53(40-49)44-21-14-12-15-22-44)72-60-27-20-26-51(62(60)71-65(72)56-41-50(67(4,5)6)42-57(63(56)73)68(7,8)9)46-37-54-52-25-18-19-28-61(52)74-64(54)55(38-46)58-39-45(35-36-70-58)43-29-31-48(32-30-43)69(10,11)47-23-16-13-17-24-47/h12-42,73H,1-11H3. The molecule has 0 bridgehead atoms. The van der Waals surface area contributed by atoms with Gasteiger partial charge in [0, 0.05) is 44.6 Å². The molecule has 0 fully saturated rings. The number of imidazole rings is 1. The highest BCUT2D eigenvalue weighted by atomic mass is 16.3. The third-order valence-corrected chi connectivity index (χ3v) is 15.2. The van der Waals surface area contributed by atoms with E-state index in [0.717, 1.165) is 94.4 Å². The van der Waals surface area contributed by atoms with Crippen LogP contribution in [0.1, 0.15) is 104 Å². The van der Waals surface area contributed by atoms with Crippen molar-refractivity contribution in [2.75, 3.05) is 0 Å². The minimum atomic E-state index is -0.348. The van der Waals surface area contributed by atoms with Gasteiger partial charge < -0.3 is 9.52 Å². The maximum absolute atomic E-state index is 12.7. The Morgan fingerprint density at radius 2 is 1.09 bits per heavy atom. The van der Waals surface area contributed by atoms with E-state index in [1.165, 1.54) is 16.7 Å². The van der Waals surface area contributed by atoms with Crippen molar-refractivity contribution in [3.63, 3.8) is 0 Å². The van der Waals surface area contributed by atoms with Crippen LogP contribution in [0.25, 0.3) is 94.7 Å². The molecule has 3 aromatic heterocycles. The Balaban J connectivity index is 1.16. The number of aromatic nitrogens is 3. The number of phenolic OH excluding ortho intramolecular Hbond substituents is 1. The van der Waals surface area contributed by atoms with E-state index in [1.54, 1.807) is 0 Å². The first-order chi connectivity index (χ1) is 35.3. The molecule has 11 rings (SSSR count). The number of pyridine rings is 1. The van der Waals surface area contributed by atoms with Gasteiger partial charge in [-0.2, -0.15) is 0 Å². The van der Waals surface area contributed by atoms with Crippen molar-refractivity contribution in [3.05, 3.63) is 216 Å². The van der Waals surface area contributed by atoms with Crippen molar-refractivity contribution in [1.82, 2.24) is 14.5 Å². The van der Waals surface area contributed by atoms with E-state index in [2.05, 4.69) is 251 Å². The van der Waals surface area contributed by atoms with E-state index in [-0.39, 0.29) is 27.4 Å². The predicted octanol–water partition coefficient (Wildman–Crippen LogP) is 18.6. The van der Waals surface area contributed by atoms with E-state index in [4.69, 9.17) is 14.4 Å². The average molecular weight is 968 g/mol. The molecular formula is C69H65N3O2. The fourth-order valence-electron chi connectivity index (χ4n) is 10.6. The number of aromatic hydroxyl groups is 1. The fourth-order valence-corrected chi connectivity index (χ4v) is 10.6. The number of hydrogen-bond donors (Lipinski definition) is 1. The lowest BCUT2D eigenvalue weighted by Crippen LogP contribution is -2.18. The first-order valence-corrected chi connectivity index (χ1v) is 25.9. The van der Waals surface area contributed by atoms with Crippen LogP contribution in [-0.4, -0.2) is 19.6 Å². The van der Waals surface area contributed by atoms with Crippen molar-refractivity contribution in [3.8, 4) is 67.5 Å². The SMILES string of the molecule is CC(C)(C)c1ccc(-n2c(-c3cc(C(C)(C)C)cc(C(C)(C)C)c3O)nc3c(-c4cc(-c5cc(-c6ccc(C(C)(C)c7ccccc7)cc6)ccn5)c5oc6ccccc6c5c4)cccc32)c(-c2ccccc2)c1. The Labute approximate surface area is 436 Å². The lowest BCUT2D eigenvalue weighted by Gasteiger charge is -2.28. The van der Waals surface area contributed by atoms with Crippen molar-refractivity contribution in [2.24, 2.45) is 0 Å². The normalized spacial score (nSPS) is 12.6. The summed E-state index contributed by atoms with van der Waals surface area (Å²) in [5.41, 5.74) is 18.0. The van der Waals surface area contributed by atoms with Gasteiger partial charge in [-0.25, -0.2) is 4.98 Å². The van der Waals surface area contributed by atoms with Crippen LogP contribution in [0, 0.1) is 0 Å². The number of rotatable bonds is 8. The summed E-state index contributed by atoms with van der Waals surface area (Å²) in [4.78, 5) is 10.8. The summed E-state index contributed by atoms with van der Waals surface area (Å²) >= 11 is 0. The second-order valence-electron chi connectivity index (χ2n) is 23.7. The Morgan fingerprint density at radius 1 is 0.446 bits per heavy atom. The molecule has 5 heteroatoms. The molecule has 0 radical (unpaired) electrons. The highest BCUT2D eigenvalue weighted by Gasteiger charge is 2.30. The third kappa shape index (κ3) is 8.58. The molecule has 8 aromatic carbocycles. The Bertz CT molecular complexity index is 3910. The first kappa shape index (κ1) is 48.3. The fraction of sp³-hybridized carbons (Fsp3) is 0.217. The molecule has 0 aliphatic heterocycles. The van der Waals surface area contributed by atoms with Gasteiger partial charge in [-0.1, -0.05) is 204 Å². The number of nitrogens with zero attached hydrogens (tertiary/aromatic N) is 3. The van der Waals surface area contributed by atoms with Crippen molar-refractivity contribution < 1.29 is 9.52 Å². The Kier molecular flexibility index (Phi) is 11.7. The molecule has 0 saturated heterocycles. The van der Waals surface area contributed by atoms with Crippen molar-refractivity contribution in [2.45, 2.75) is 97.8 Å².